The van der Waals surface area contributed by atoms with Crippen LogP contribution in [0.2, 0.25) is 0 Å². The Bertz CT molecular complexity index is 1550. The number of benzene rings is 2. The van der Waals surface area contributed by atoms with Gasteiger partial charge in [0.1, 0.15) is 11.6 Å². The number of rotatable bonds is 7. The summed E-state index contributed by atoms with van der Waals surface area (Å²) in [7, 11) is -1.95. The predicted molar refractivity (Wildman–Crippen MR) is 152 cm³/mol. The van der Waals surface area contributed by atoms with Crippen molar-refractivity contribution in [2.24, 2.45) is 5.41 Å². The third kappa shape index (κ3) is 5.04. The maximum absolute atomic E-state index is 15.2. The zero-order chi connectivity index (χ0) is 27.2. The Kier molecular flexibility index (Phi) is 6.43. The molecule has 1 spiro atoms. The molecule has 6 rings (SSSR count). The Hall–Kier alpha value is -3.70. The zero-order valence-corrected chi connectivity index (χ0v) is 22.8. The minimum absolute atomic E-state index is 0.292. The fraction of sp³-hybridized carbons (Fsp3) is 0.357. The number of nitrogens with zero attached hydrogens (tertiary/aromatic N) is 4. The summed E-state index contributed by atoms with van der Waals surface area (Å²) >= 11 is 0. The fourth-order valence-electron chi connectivity index (χ4n) is 5.32. The van der Waals surface area contributed by atoms with E-state index in [-0.39, 0.29) is 5.82 Å². The molecule has 2 aliphatic heterocycles. The van der Waals surface area contributed by atoms with Crippen LogP contribution in [-0.4, -0.2) is 58.0 Å². The van der Waals surface area contributed by atoms with Gasteiger partial charge < -0.3 is 20.3 Å². The van der Waals surface area contributed by atoms with Crippen LogP contribution in [0.15, 0.2) is 48.5 Å². The van der Waals surface area contributed by atoms with Gasteiger partial charge in [-0.3, -0.25) is 4.31 Å². The number of hydrogen-bond acceptors (Lipinski definition) is 8. The Morgan fingerprint density at radius 3 is 2.54 bits per heavy atom. The topological polar surface area (TPSA) is 99.7 Å². The average Bonchev–Trinajstić information content (AvgIpc) is 3.37. The number of piperidine rings is 1. The van der Waals surface area contributed by atoms with Gasteiger partial charge in [0, 0.05) is 43.2 Å². The third-order valence-corrected chi connectivity index (χ3v) is 8.99. The molecule has 11 heteroatoms. The average molecular weight is 551 g/mol. The van der Waals surface area contributed by atoms with Crippen LogP contribution < -0.4 is 19.8 Å². The van der Waals surface area contributed by atoms with Crippen LogP contribution in [0.5, 0.6) is 0 Å². The molecule has 9 nitrogen and oxygen atoms in total. The lowest BCUT2D eigenvalue weighted by molar-refractivity contribution is -0.124. The number of fused-ring (bicyclic) bond motifs is 1. The van der Waals surface area contributed by atoms with E-state index in [1.807, 2.05) is 24.3 Å². The largest absolute Gasteiger partial charge is 0.380 e. The lowest BCUT2D eigenvalue weighted by atomic mass is 9.77. The highest BCUT2D eigenvalue weighted by Gasteiger charge is 2.41. The van der Waals surface area contributed by atoms with Gasteiger partial charge in [0.25, 0.3) is 0 Å². The summed E-state index contributed by atoms with van der Waals surface area (Å²) in [5.41, 5.74) is 4.18. The smallest absolute Gasteiger partial charge is 0.232 e. The van der Waals surface area contributed by atoms with Crippen LogP contribution in [0, 0.1) is 11.2 Å². The Balaban J connectivity index is 1.23. The van der Waals surface area contributed by atoms with E-state index in [1.54, 1.807) is 24.3 Å². The first-order valence-electron chi connectivity index (χ1n) is 13.0. The Morgan fingerprint density at radius 1 is 1.08 bits per heavy atom. The standard InChI is InChI=1S/C28H31FN6O3S/c1-34(39(2,36)37)25-9-4-3-7-23(25)31-26-20-6-5-8-22(20)32-27(33-26)30-19-10-11-24(21(29)16-19)35-14-12-28(13-15-35)17-38-18-28/h3-7,9-11,16H,8,12-15,17-18H2,1-2H3,(H2,30,31,32,33). The molecule has 0 atom stereocenters. The molecular formula is C28H31FN6O3S. The number of halogens is 1. The highest BCUT2D eigenvalue weighted by atomic mass is 32.2. The molecule has 3 aliphatic rings. The van der Waals surface area contributed by atoms with E-state index in [1.165, 1.54) is 17.4 Å². The summed E-state index contributed by atoms with van der Waals surface area (Å²) in [6, 6.07) is 12.3. The molecule has 2 N–H and O–H groups in total. The molecule has 2 aromatic carbocycles. The van der Waals surface area contributed by atoms with Crippen LogP contribution in [0.4, 0.5) is 38.9 Å². The molecule has 0 unspecified atom stereocenters. The van der Waals surface area contributed by atoms with Gasteiger partial charge in [0.2, 0.25) is 16.0 Å². The van der Waals surface area contributed by atoms with Gasteiger partial charge in [0.15, 0.2) is 0 Å². The van der Waals surface area contributed by atoms with Crippen molar-refractivity contribution >= 4 is 50.6 Å². The van der Waals surface area contributed by atoms with Crippen molar-refractivity contribution in [1.29, 1.82) is 0 Å². The van der Waals surface area contributed by atoms with Crippen molar-refractivity contribution in [3.05, 3.63) is 65.6 Å². The first-order valence-corrected chi connectivity index (χ1v) is 14.8. The number of nitrogens with one attached hydrogen (secondary N) is 2. The third-order valence-electron chi connectivity index (χ3n) is 7.80. The van der Waals surface area contributed by atoms with E-state index in [9.17, 15) is 8.42 Å². The number of sulfonamides is 1. The number of aromatic nitrogens is 2. The second-order valence-corrected chi connectivity index (χ2v) is 12.5. The first kappa shape index (κ1) is 25.6. The normalized spacial score (nSPS) is 17.6. The SMILES string of the molecule is CN(c1ccccc1Nc1nc(Nc2ccc(N3CCC4(CC3)COC4)c(F)c2)nc2c1C=CC2)S(C)(=O)=O. The number of para-hydroxylation sites is 2. The first-order chi connectivity index (χ1) is 18.7. The molecular weight excluding hydrogens is 519 g/mol. The van der Waals surface area contributed by atoms with E-state index in [0.717, 1.165) is 56.7 Å². The minimum atomic E-state index is -3.46. The zero-order valence-electron chi connectivity index (χ0n) is 21.9. The van der Waals surface area contributed by atoms with Crippen molar-refractivity contribution < 1.29 is 17.5 Å². The van der Waals surface area contributed by atoms with Crippen molar-refractivity contribution in [3.63, 3.8) is 0 Å². The predicted octanol–water partition coefficient (Wildman–Crippen LogP) is 4.68. The van der Waals surface area contributed by atoms with Gasteiger partial charge in [-0.05, 0) is 43.2 Å². The van der Waals surface area contributed by atoms with E-state index in [2.05, 4.69) is 25.5 Å². The molecule has 1 aliphatic carbocycles. The van der Waals surface area contributed by atoms with E-state index in [0.29, 0.717) is 46.4 Å². The summed E-state index contributed by atoms with van der Waals surface area (Å²) in [5, 5.41) is 6.45. The van der Waals surface area contributed by atoms with Crippen molar-refractivity contribution in [2.45, 2.75) is 19.3 Å². The number of ether oxygens (including phenoxy) is 1. The number of allylic oxidation sites excluding steroid dienone is 1. The minimum Gasteiger partial charge on any atom is -0.380 e. The monoisotopic (exact) mass is 550 g/mol. The summed E-state index contributed by atoms with van der Waals surface area (Å²) < 4.78 is 46.2. The fourth-order valence-corrected chi connectivity index (χ4v) is 5.83. The summed E-state index contributed by atoms with van der Waals surface area (Å²) in [6.45, 7) is 3.27. The van der Waals surface area contributed by atoms with Gasteiger partial charge in [-0.1, -0.05) is 24.3 Å². The lowest BCUT2D eigenvalue weighted by Gasteiger charge is -2.47. The van der Waals surface area contributed by atoms with Gasteiger partial charge in [-0.15, -0.1) is 0 Å². The van der Waals surface area contributed by atoms with Crippen molar-refractivity contribution in [2.75, 3.05) is 59.4 Å². The Labute approximate surface area is 227 Å². The van der Waals surface area contributed by atoms with Crippen LogP contribution in [0.3, 0.4) is 0 Å². The van der Waals surface area contributed by atoms with Crippen LogP contribution in [0.25, 0.3) is 6.08 Å². The quantitative estimate of drug-likeness (QED) is 0.437. The van der Waals surface area contributed by atoms with Crippen LogP contribution in [-0.2, 0) is 21.2 Å². The molecule has 3 aromatic rings. The molecule has 2 fully saturated rings. The van der Waals surface area contributed by atoms with E-state index < -0.39 is 10.0 Å². The van der Waals surface area contributed by atoms with Crippen LogP contribution >= 0.6 is 0 Å². The van der Waals surface area contributed by atoms with Gasteiger partial charge >= 0.3 is 0 Å². The highest BCUT2D eigenvalue weighted by Crippen LogP contribution is 2.40. The molecule has 0 bridgehead atoms. The maximum Gasteiger partial charge on any atom is 0.232 e. The lowest BCUT2D eigenvalue weighted by Crippen LogP contribution is -2.51. The van der Waals surface area contributed by atoms with Gasteiger partial charge in [-0.25, -0.2) is 17.8 Å². The Morgan fingerprint density at radius 2 is 1.85 bits per heavy atom. The molecule has 1 aromatic heterocycles. The summed E-state index contributed by atoms with van der Waals surface area (Å²) in [5.74, 6) is 0.565. The number of hydrogen-bond donors (Lipinski definition) is 2. The molecule has 3 heterocycles. The molecule has 0 amide bonds. The number of anilines is 6. The second kappa shape index (κ2) is 9.80. The van der Waals surface area contributed by atoms with Crippen molar-refractivity contribution in [3.8, 4) is 0 Å². The molecule has 2 saturated heterocycles. The van der Waals surface area contributed by atoms with E-state index >= 15 is 4.39 Å². The molecule has 0 saturated carbocycles. The van der Waals surface area contributed by atoms with Gasteiger partial charge in [-0.2, -0.15) is 4.98 Å². The van der Waals surface area contributed by atoms with Crippen molar-refractivity contribution in [1.82, 2.24) is 9.97 Å². The summed E-state index contributed by atoms with van der Waals surface area (Å²) in [4.78, 5) is 11.4. The van der Waals surface area contributed by atoms with Crippen LogP contribution in [0.1, 0.15) is 24.1 Å². The molecule has 0 radical (unpaired) electrons. The van der Waals surface area contributed by atoms with Gasteiger partial charge in [0.05, 0.1) is 42.2 Å². The highest BCUT2D eigenvalue weighted by molar-refractivity contribution is 7.92. The summed E-state index contributed by atoms with van der Waals surface area (Å²) in [6.07, 6.45) is 7.77. The molecule has 39 heavy (non-hydrogen) atoms. The molecule has 204 valence electrons. The maximum atomic E-state index is 15.2. The second-order valence-electron chi connectivity index (χ2n) is 10.5. The van der Waals surface area contributed by atoms with E-state index in [4.69, 9.17) is 4.74 Å².